The Kier molecular flexibility index (Phi) is 7.22. The van der Waals surface area contributed by atoms with E-state index in [1.807, 2.05) is 59.6 Å². The highest BCUT2D eigenvalue weighted by Crippen LogP contribution is 2.48. The molecule has 0 saturated carbocycles. The van der Waals surface area contributed by atoms with Crippen LogP contribution in [0.1, 0.15) is 43.9 Å². The summed E-state index contributed by atoms with van der Waals surface area (Å²) in [6.45, 7) is 4.65. The molecule has 1 aromatic heterocycles. The molecule has 4 aromatic rings. The molecule has 6 rings (SSSR count). The van der Waals surface area contributed by atoms with Crippen molar-refractivity contribution in [1.82, 2.24) is 10.3 Å². The third kappa shape index (κ3) is 5.36. The maximum absolute atomic E-state index is 13.9. The first-order chi connectivity index (χ1) is 20.2. The fourth-order valence-electron chi connectivity index (χ4n) is 6.29. The number of aromatic amines is 1. The van der Waals surface area contributed by atoms with E-state index in [1.165, 1.54) is 12.1 Å². The second-order valence-electron chi connectivity index (χ2n) is 11.9. The Labute approximate surface area is 244 Å². The Morgan fingerprint density at radius 2 is 1.93 bits per heavy atom. The molecule has 8 heteroatoms. The minimum atomic E-state index is -0.489. The van der Waals surface area contributed by atoms with Crippen LogP contribution >= 0.6 is 0 Å². The number of H-pyrrole nitrogens is 1. The van der Waals surface area contributed by atoms with Gasteiger partial charge in [-0.3, -0.25) is 9.59 Å². The van der Waals surface area contributed by atoms with E-state index in [0.29, 0.717) is 37.1 Å². The molecular formula is C34H35FN4O3. The number of ether oxygens (including phenoxy) is 1. The summed E-state index contributed by atoms with van der Waals surface area (Å²) < 4.78 is 19.4. The smallest absolute Gasteiger partial charge is 0.239 e. The fourth-order valence-corrected chi connectivity index (χ4v) is 6.29. The fraction of sp³-hybridized carbons (Fsp3) is 0.294. The summed E-state index contributed by atoms with van der Waals surface area (Å²) in [5, 5.41) is 7.45. The Balaban J connectivity index is 1.33. The monoisotopic (exact) mass is 566 g/mol. The van der Waals surface area contributed by atoms with Crippen LogP contribution in [0.3, 0.4) is 0 Å². The number of aromatic nitrogens is 1. The summed E-state index contributed by atoms with van der Waals surface area (Å²) in [7, 11) is 1.62. The number of carbonyl (C=O) groups is 2. The van der Waals surface area contributed by atoms with Crippen LogP contribution in [0, 0.1) is 11.2 Å². The number of benzene rings is 3. The first-order valence-electron chi connectivity index (χ1n) is 14.3. The van der Waals surface area contributed by atoms with E-state index < -0.39 is 6.04 Å². The second-order valence-corrected chi connectivity index (χ2v) is 11.9. The SMILES string of the molecule is COc1cccc(C2C3=C(CC(C)(C)CC3=O)Nc3ccccc3N2CC(=O)NCCc2c[nH]c3ccc(F)cc23)c1. The molecule has 0 radical (unpaired) electrons. The molecule has 1 aliphatic carbocycles. The van der Waals surface area contributed by atoms with E-state index >= 15 is 0 Å². The van der Waals surface area contributed by atoms with Crippen molar-refractivity contribution in [1.29, 1.82) is 0 Å². The summed E-state index contributed by atoms with van der Waals surface area (Å²) >= 11 is 0. The summed E-state index contributed by atoms with van der Waals surface area (Å²) in [5.74, 6) is 0.296. The number of nitrogens with one attached hydrogen (secondary N) is 3. The molecule has 216 valence electrons. The van der Waals surface area contributed by atoms with Crippen molar-refractivity contribution in [3.63, 3.8) is 0 Å². The average Bonchev–Trinajstić information content (AvgIpc) is 3.29. The van der Waals surface area contributed by atoms with Gasteiger partial charge in [0, 0.05) is 41.3 Å². The molecule has 1 atom stereocenters. The zero-order chi connectivity index (χ0) is 29.4. The van der Waals surface area contributed by atoms with Crippen molar-refractivity contribution in [3.8, 4) is 5.75 Å². The number of rotatable bonds is 7. The van der Waals surface area contributed by atoms with Gasteiger partial charge in [-0.1, -0.05) is 38.1 Å². The van der Waals surface area contributed by atoms with Crippen LogP contribution in [-0.2, 0) is 16.0 Å². The van der Waals surface area contributed by atoms with Gasteiger partial charge in [-0.15, -0.1) is 0 Å². The van der Waals surface area contributed by atoms with E-state index in [1.54, 1.807) is 13.2 Å². The second kappa shape index (κ2) is 11.0. The third-order valence-electron chi connectivity index (χ3n) is 8.17. The Morgan fingerprint density at radius 1 is 1.10 bits per heavy atom. The summed E-state index contributed by atoms with van der Waals surface area (Å²) in [5.41, 5.74) is 5.77. The number of carbonyl (C=O) groups excluding carboxylic acids is 2. The van der Waals surface area contributed by atoms with Gasteiger partial charge in [0.05, 0.1) is 31.1 Å². The van der Waals surface area contributed by atoms with Crippen LogP contribution in [-0.4, -0.2) is 36.9 Å². The summed E-state index contributed by atoms with van der Waals surface area (Å²) in [6.07, 6.45) is 3.55. The van der Waals surface area contributed by atoms with Crippen LogP contribution in [0.4, 0.5) is 15.8 Å². The first-order valence-corrected chi connectivity index (χ1v) is 14.3. The van der Waals surface area contributed by atoms with E-state index in [-0.39, 0.29) is 29.5 Å². The van der Waals surface area contributed by atoms with Crippen LogP contribution in [0.5, 0.6) is 5.75 Å². The number of fused-ring (bicyclic) bond motifs is 2. The summed E-state index contributed by atoms with van der Waals surface area (Å²) in [4.78, 5) is 32.6. The van der Waals surface area contributed by atoms with Gasteiger partial charge in [0.25, 0.3) is 0 Å². The zero-order valence-electron chi connectivity index (χ0n) is 24.1. The van der Waals surface area contributed by atoms with Crippen molar-refractivity contribution in [2.45, 2.75) is 39.2 Å². The van der Waals surface area contributed by atoms with Crippen molar-refractivity contribution >= 4 is 34.0 Å². The minimum Gasteiger partial charge on any atom is -0.497 e. The molecule has 1 amide bonds. The van der Waals surface area contributed by atoms with Crippen LogP contribution in [0.15, 0.2) is 84.2 Å². The number of anilines is 2. The molecule has 3 N–H and O–H groups in total. The van der Waals surface area contributed by atoms with Crippen LogP contribution in [0.25, 0.3) is 10.9 Å². The lowest BCUT2D eigenvalue weighted by molar-refractivity contribution is -0.120. The van der Waals surface area contributed by atoms with Gasteiger partial charge >= 0.3 is 0 Å². The predicted molar refractivity (Wildman–Crippen MR) is 163 cm³/mol. The lowest BCUT2D eigenvalue weighted by atomic mass is 9.73. The van der Waals surface area contributed by atoms with Crippen molar-refractivity contribution in [2.75, 3.05) is 30.4 Å². The largest absolute Gasteiger partial charge is 0.497 e. The third-order valence-corrected chi connectivity index (χ3v) is 8.17. The van der Waals surface area contributed by atoms with Crippen molar-refractivity contribution < 1.29 is 18.7 Å². The number of amides is 1. The number of ketones is 1. The highest BCUT2D eigenvalue weighted by molar-refractivity contribution is 6.02. The van der Waals surface area contributed by atoms with Gasteiger partial charge in [-0.2, -0.15) is 0 Å². The maximum Gasteiger partial charge on any atom is 0.239 e. The Hall–Kier alpha value is -4.59. The molecule has 1 aliphatic heterocycles. The zero-order valence-corrected chi connectivity index (χ0v) is 24.1. The normalized spacial score (nSPS) is 17.8. The van der Waals surface area contributed by atoms with E-state index in [9.17, 15) is 14.0 Å². The van der Waals surface area contributed by atoms with Gasteiger partial charge in [0.1, 0.15) is 11.6 Å². The quantitative estimate of drug-likeness (QED) is 0.245. The Morgan fingerprint density at radius 3 is 2.76 bits per heavy atom. The van der Waals surface area contributed by atoms with Crippen molar-refractivity contribution in [3.05, 3.63) is 101 Å². The standard InChI is InChI=1S/C34H35FN4O3/c1-34(2)17-28-32(30(40)18-34)33(21-7-6-8-24(15-21)42-3)39(29-10-5-4-9-27(29)38-28)20-31(41)36-14-13-22-19-37-26-12-11-23(35)16-25(22)26/h4-12,15-16,19,33,37-38H,13-14,17-18,20H2,1-3H3,(H,36,41). The number of halogens is 1. The molecule has 7 nitrogen and oxygen atoms in total. The molecule has 0 bridgehead atoms. The molecule has 2 heterocycles. The number of Topliss-reactive ketones (excluding diaryl/α,β-unsaturated/α-hetero) is 1. The Bertz CT molecular complexity index is 1710. The highest BCUT2D eigenvalue weighted by Gasteiger charge is 2.42. The topological polar surface area (TPSA) is 86.5 Å². The molecule has 3 aromatic carbocycles. The van der Waals surface area contributed by atoms with Gasteiger partial charge in [-0.05, 0) is 71.8 Å². The van der Waals surface area contributed by atoms with E-state index in [4.69, 9.17) is 4.74 Å². The van der Waals surface area contributed by atoms with Gasteiger partial charge < -0.3 is 25.3 Å². The predicted octanol–water partition coefficient (Wildman–Crippen LogP) is 6.29. The number of nitrogens with zero attached hydrogens (tertiary/aromatic N) is 1. The minimum absolute atomic E-state index is 0.0382. The van der Waals surface area contributed by atoms with Gasteiger partial charge in [-0.25, -0.2) is 4.39 Å². The number of hydrogen-bond acceptors (Lipinski definition) is 5. The molecule has 2 aliphatic rings. The average molecular weight is 567 g/mol. The lowest BCUT2D eigenvalue weighted by Gasteiger charge is -2.38. The molecule has 0 fully saturated rings. The lowest BCUT2D eigenvalue weighted by Crippen LogP contribution is -2.42. The van der Waals surface area contributed by atoms with Crippen molar-refractivity contribution in [2.24, 2.45) is 5.41 Å². The van der Waals surface area contributed by atoms with E-state index in [0.717, 1.165) is 39.1 Å². The van der Waals surface area contributed by atoms with Gasteiger partial charge in [0.2, 0.25) is 5.91 Å². The van der Waals surface area contributed by atoms with Crippen LogP contribution in [0.2, 0.25) is 0 Å². The first kappa shape index (κ1) is 27.6. The molecule has 0 spiro atoms. The van der Waals surface area contributed by atoms with Gasteiger partial charge in [0.15, 0.2) is 5.78 Å². The number of allylic oxidation sites excluding steroid dienone is 1. The molecule has 42 heavy (non-hydrogen) atoms. The maximum atomic E-state index is 13.9. The van der Waals surface area contributed by atoms with Crippen LogP contribution < -0.4 is 20.3 Å². The number of methoxy groups -OCH3 is 1. The number of para-hydroxylation sites is 2. The summed E-state index contributed by atoms with van der Waals surface area (Å²) in [6, 6.07) is 19.8. The molecular weight excluding hydrogens is 531 g/mol. The van der Waals surface area contributed by atoms with E-state index in [2.05, 4.69) is 29.5 Å². The highest BCUT2D eigenvalue weighted by atomic mass is 19.1. The molecule has 1 unspecified atom stereocenters. The number of hydrogen-bond donors (Lipinski definition) is 3. The molecule has 0 saturated heterocycles.